The molecule has 0 saturated carbocycles. The van der Waals surface area contributed by atoms with Crippen molar-refractivity contribution in [1.29, 1.82) is 0 Å². The normalized spacial score (nSPS) is 10.4. The summed E-state index contributed by atoms with van der Waals surface area (Å²) in [6, 6.07) is 11.2. The number of nitrogens with one attached hydrogen (secondary N) is 1. The summed E-state index contributed by atoms with van der Waals surface area (Å²) in [6.07, 6.45) is 3.05. The van der Waals surface area contributed by atoms with Gasteiger partial charge in [-0.3, -0.25) is 9.36 Å². The van der Waals surface area contributed by atoms with Gasteiger partial charge in [0.25, 0.3) is 5.56 Å². The highest BCUT2D eigenvalue weighted by Crippen LogP contribution is 2.27. The van der Waals surface area contributed by atoms with Crippen LogP contribution in [0.2, 0.25) is 0 Å². The SMILES string of the molecule is COc1ccc(CNc2nccn(-c3ccc(F)cc3)c2=O)cc1OC. The third kappa shape index (κ3) is 3.66. The maximum Gasteiger partial charge on any atom is 0.297 e. The molecule has 0 atom stereocenters. The molecule has 1 aromatic heterocycles. The second-order valence-corrected chi connectivity index (χ2v) is 5.47. The van der Waals surface area contributed by atoms with Crippen LogP contribution in [0.25, 0.3) is 5.69 Å². The first-order valence-electron chi connectivity index (χ1n) is 7.90. The Hall–Kier alpha value is -3.35. The molecular formula is C19H18FN3O3. The standard InChI is InChI=1S/C19H18FN3O3/c1-25-16-8-3-13(11-17(16)26-2)12-22-18-19(24)23(10-9-21-18)15-6-4-14(20)5-7-15/h3-11H,12H2,1-2H3,(H,21,22). The average molecular weight is 355 g/mol. The minimum atomic E-state index is -0.359. The van der Waals surface area contributed by atoms with E-state index in [-0.39, 0.29) is 17.2 Å². The number of hydrogen-bond acceptors (Lipinski definition) is 5. The van der Waals surface area contributed by atoms with Crippen LogP contribution in [-0.4, -0.2) is 23.8 Å². The predicted octanol–water partition coefficient (Wildman–Crippen LogP) is 3.00. The molecule has 6 nitrogen and oxygen atoms in total. The van der Waals surface area contributed by atoms with Crippen LogP contribution in [-0.2, 0) is 6.54 Å². The monoisotopic (exact) mass is 355 g/mol. The van der Waals surface area contributed by atoms with E-state index in [2.05, 4.69) is 10.3 Å². The quantitative estimate of drug-likeness (QED) is 0.736. The minimum Gasteiger partial charge on any atom is -0.493 e. The number of halogens is 1. The number of methoxy groups -OCH3 is 2. The highest BCUT2D eigenvalue weighted by Gasteiger charge is 2.08. The van der Waals surface area contributed by atoms with Crippen molar-refractivity contribution in [3.05, 3.63) is 76.6 Å². The molecule has 0 amide bonds. The lowest BCUT2D eigenvalue weighted by Crippen LogP contribution is -2.23. The lowest BCUT2D eigenvalue weighted by Gasteiger charge is -2.11. The zero-order valence-corrected chi connectivity index (χ0v) is 14.4. The van der Waals surface area contributed by atoms with Crippen molar-refractivity contribution in [3.8, 4) is 17.2 Å². The molecule has 3 aromatic rings. The van der Waals surface area contributed by atoms with Gasteiger partial charge in [-0.15, -0.1) is 0 Å². The van der Waals surface area contributed by atoms with E-state index in [4.69, 9.17) is 9.47 Å². The van der Waals surface area contributed by atoms with Crippen molar-refractivity contribution >= 4 is 5.82 Å². The van der Waals surface area contributed by atoms with Crippen LogP contribution in [0.4, 0.5) is 10.2 Å². The van der Waals surface area contributed by atoms with Crippen LogP contribution >= 0.6 is 0 Å². The van der Waals surface area contributed by atoms with Gasteiger partial charge in [0.05, 0.1) is 14.2 Å². The van der Waals surface area contributed by atoms with Gasteiger partial charge in [0.1, 0.15) is 5.82 Å². The zero-order valence-electron chi connectivity index (χ0n) is 14.4. The minimum absolute atomic E-state index is 0.201. The van der Waals surface area contributed by atoms with Gasteiger partial charge in [-0.05, 0) is 42.0 Å². The van der Waals surface area contributed by atoms with E-state index < -0.39 is 0 Å². The van der Waals surface area contributed by atoms with Crippen LogP contribution in [0.5, 0.6) is 11.5 Å². The molecule has 0 fully saturated rings. The summed E-state index contributed by atoms with van der Waals surface area (Å²) in [5.41, 5.74) is 1.15. The lowest BCUT2D eigenvalue weighted by atomic mass is 10.2. The van der Waals surface area contributed by atoms with Gasteiger partial charge < -0.3 is 14.8 Å². The first-order valence-corrected chi connectivity index (χ1v) is 7.90. The number of hydrogen-bond donors (Lipinski definition) is 1. The van der Waals surface area contributed by atoms with E-state index in [0.29, 0.717) is 23.7 Å². The molecule has 134 valence electrons. The fraction of sp³-hybridized carbons (Fsp3) is 0.158. The Morgan fingerprint density at radius 1 is 1.08 bits per heavy atom. The van der Waals surface area contributed by atoms with E-state index in [0.717, 1.165) is 5.56 Å². The molecule has 0 aliphatic carbocycles. The van der Waals surface area contributed by atoms with Gasteiger partial charge in [0.2, 0.25) is 0 Å². The Morgan fingerprint density at radius 2 is 1.81 bits per heavy atom. The maximum absolute atomic E-state index is 13.1. The summed E-state index contributed by atoms with van der Waals surface area (Å²) >= 11 is 0. The first-order chi connectivity index (χ1) is 12.6. The fourth-order valence-corrected chi connectivity index (χ4v) is 2.51. The van der Waals surface area contributed by atoms with Crippen LogP contribution in [0.3, 0.4) is 0 Å². The summed E-state index contributed by atoms with van der Waals surface area (Å²) in [5.74, 6) is 1.08. The number of ether oxygens (including phenoxy) is 2. The van der Waals surface area contributed by atoms with Crippen LogP contribution in [0.15, 0.2) is 59.7 Å². The fourth-order valence-electron chi connectivity index (χ4n) is 2.51. The molecule has 0 spiro atoms. The molecule has 0 unspecified atom stereocenters. The van der Waals surface area contributed by atoms with E-state index in [1.54, 1.807) is 20.3 Å². The van der Waals surface area contributed by atoms with Crippen molar-refractivity contribution in [2.24, 2.45) is 0 Å². The highest BCUT2D eigenvalue weighted by molar-refractivity contribution is 5.44. The van der Waals surface area contributed by atoms with Crippen LogP contribution < -0.4 is 20.3 Å². The summed E-state index contributed by atoms with van der Waals surface area (Å²) in [4.78, 5) is 16.7. The van der Waals surface area contributed by atoms with Gasteiger partial charge in [0.15, 0.2) is 17.3 Å². The Labute approximate surface area is 149 Å². The van der Waals surface area contributed by atoms with Gasteiger partial charge in [0, 0.05) is 24.6 Å². The Morgan fingerprint density at radius 3 is 2.50 bits per heavy atom. The predicted molar refractivity (Wildman–Crippen MR) is 96.7 cm³/mol. The number of nitrogens with zero attached hydrogens (tertiary/aromatic N) is 2. The van der Waals surface area contributed by atoms with Crippen LogP contribution in [0, 0.1) is 5.82 Å². The van der Waals surface area contributed by atoms with E-state index in [1.165, 1.54) is 41.2 Å². The number of anilines is 1. The average Bonchev–Trinajstić information content (AvgIpc) is 2.67. The zero-order chi connectivity index (χ0) is 18.5. The van der Waals surface area contributed by atoms with Crippen LogP contribution in [0.1, 0.15) is 5.56 Å². The molecule has 0 bridgehead atoms. The number of rotatable bonds is 6. The lowest BCUT2D eigenvalue weighted by molar-refractivity contribution is 0.354. The summed E-state index contributed by atoms with van der Waals surface area (Å²) in [5, 5.41) is 3.02. The van der Waals surface area contributed by atoms with Crippen molar-refractivity contribution in [2.75, 3.05) is 19.5 Å². The smallest absolute Gasteiger partial charge is 0.297 e. The molecule has 2 aromatic carbocycles. The molecule has 7 heteroatoms. The number of aromatic nitrogens is 2. The largest absolute Gasteiger partial charge is 0.493 e. The van der Waals surface area contributed by atoms with Crippen molar-refractivity contribution in [2.45, 2.75) is 6.54 Å². The summed E-state index contributed by atoms with van der Waals surface area (Å²) < 4.78 is 25.0. The molecule has 1 heterocycles. The van der Waals surface area contributed by atoms with Crippen molar-refractivity contribution < 1.29 is 13.9 Å². The summed E-state index contributed by atoms with van der Waals surface area (Å²) in [6.45, 7) is 0.385. The second kappa shape index (κ2) is 7.69. The molecule has 0 radical (unpaired) electrons. The van der Waals surface area contributed by atoms with Crippen molar-refractivity contribution in [3.63, 3.8) is 0 Å². The first kappa shape index (κ1) is 17.5. The van der Waals surface area contributed by atoms with E-state index >= 15 is 0 Å². The molecule has 26 heavy (non-hydrogen) atoms. The molecule has 1 N–H and O–H groups in total. The Balaban J connectivity index is 1.82. The Kier molecular flexibility index (Phi) is 5.17. The number of benzene rings is 2. The molecule has 3 rings (SSSR count). The van der Waals surface area contributed by atoms with Gasteiger partial charge in [-0.25, -0.2) is 9.37 Å². The third-order valence-electron chi connectivity index (χ3n) is 3.85. The molecular weight excluding hydrogens is 337 g/mol. The van der Waals surface area contributed by atoms with Crippen molar-refractivity contribution in [1.82, 2.24) is 9.55 Å². The Bertz CT molecular complexity index is 955. The van der Waals surface area contributed by atoms with E-state index in [9.17, 15) is 9.18 Å². The van der Waals surface area contributed by atoms with E-state index in [1.807, 2.05) is 12.1 Å². The molecule has 0 aliphatic heterocycles. The van der Waals surface area contributed by atoms with Gasteiger partial charge >= 0.3 is 0 Å². The molecule has 0 saturated heterocycles. The topological polar surface area (TPSA) is 65.4 Å². The molecule has 0 aliphatic rings. The highest BCUT2D eigenvalue weighted by atomic mass is 19.1. The van der Waals surface area contributed by atoms with Gasteiger partial charge in [-0.2, -0.15) is 0 Å². The van der Waals surface area contributed by atoms with Gasteiger partial charge in [-0.1, -0.05) is 6.07 Å². The third-order valence-corrected chi connectivity index (χ3v) is 3.85. The summed E-state index contributed by atoms with van der Waals surface area (Å²) in [7, 11) is 3.14. The maximum atomic E-state index is 13.1. The second-order valence-electron chi connectivity index (χ2n) is 5.47.